The molecule has 0 aromatic heterocycles. The van der Waals surface area contributed by atoms with Crippen molar-refractivity contribution in [1.82, 2.24) is 10.2 Å². The van der Waals surface area contributed by atoms with Crippen molar-refractivity contribution in [1.29, 1.82) is 0 Å². The van der Waals surface area contributed by atoms with Crippen LogP contribution >= 0.6 is 0 Å². The molecule has 0 fully saturated rings. The third-order valence-electron chi connectivity index (χ3n) is 9.84. The molecule has 0 aliphatic rings. The first-order valence-electron chi connectivity index (χ1n) is 20.8. The topological polar surface area (TPSA) is 98.7 Å². The Morgan fingerprint density at radius 3 is 1.71 bits per heavy atom. The summed E-state index contributed by atoms with van der Waals surface area (Å²) in [7, 11) is 0. The summed E-state index contributed by atoms with van der Waals surface area (Å²) in [6.45, 7) is 21.9. The second-order valence-electron chi connectivity index (χ2n) is 14.0. The Balaban J connectivity index is 3.15. The molecule has 3 unspecified atom stereocenters. The van der Waals surface area contributed by atoms with E-state index in [4.69, 9.17) is 28.8 Å². The molecule has 0 heterocycles. The number of aliphatic hydroxyl groups is 1. The standard InChI is InChI=1S/C42H78N2O7/c1-8-15-20-35(11-4)31-49-39-29-38(42(46)48-26-19-18-24-44(14-7)34-43-23-27-47-28-25-45)30-40(50-32-36(12-5)21-16-9-2)41(39)51-33-37(13-6)22-17-10-3/h29-30,35-37,43,45H,8-28,31-34H2,1-7H3. The molecule has 0 aliphatic heterocycles. The lowest BCUT2D eigenvalue weighted by Gasteiger charge is -2.23. The van der Waals surface area contributed by atoms with Crippen molar-refractivity contribution in [2.24, 2.45) is 17.8 Å². The minimum atomic E-state index is -0.362. The maximum absolute atomic E-state index is 13.5. The van der Waals surface area contributed by atoms with E-state index in [0.29, 0.717) is 80.2 Å². The van der Waals surface area contributed by atoms with Gasteiger partial charge in [0, 0.05) is 13.2 Å². The van der Waals surface area contributed by atoms with E-state index in [1.54, 1.807) is 0 Å². The maximum Gasteiger partial charge on any atom is 0.338 e. The zero-order valence-corrected chi connectivity index (χ0v) is 33.9. The van der Waals surface area contributed by atoms with Gasteiger partial charge in [0.1, 0.15) is 0 Å². The van der Waals surface area contributed by atoms with Gasteiger partial charge in [0.05, 0.1) is 51.8 Å². The number of carbonyl (C=O) groups excluding carboxylic acids is 1. The van der Waals surface area contributed by atoms with Crippen molar-refractivity contribution in [3.63, 3.8) is 0 Å². The smallest absolute Gasteiger partial charge is 0.338 e. The predicted molar refractivity (Wildman–Crippen MR) is 210 cm³/mol. The SMILES string of the molecule is CCCCC(CC)COc1cc(C(=O)OCCCCN(CC)CNCCOCCO)cc(OCC(CC)CCCC)c1OCC(CC)CCCC. The van der Waals surface area contributed by atoms with Crippen molar-refractivity contribution in [3.8, 4) is 17.2 Å². The number of benzene rings is 1. The molecule has 1 aromatic rings. The van der Waals surface area contributed by atoms with Crippen LogP contribution in [0.25, 0.3) is 0 Å². The number of ether oxygens (including phenoxy) is 5. The van der Waals surface area contributed by atoms with E-state index in [0.717, 1.165) is 90.5 Å². The van der Waals surface area contributed by atoms with Crippen molar-refractivity contribution in [2.75, 3.05) is 72.6 Å². The molecule has 9 heteroatoms. The highest BCUT2D eigenvalue weighted by atomic mass is 16.5. The quantitative estimate of drug-likeness (QED) is 0.0404. The predicted octanol–water partition coefficient (Wildman–Crippen LogP) is 9.29. The molecule has 1 aromatic carbocycles. The van der Waals surface area contributed by atoms with Crippen LogP contribution in [0.2, 0.25) is 0 Å². The van der Waals surface area contributed by atoms with E-state index in [9.17, 15) is 4.79 Å². The molecule has 0 radical (unpaired) electrons. The van der Waals surface area contributed by atoms with Crippen LogP contribution in [0.15, 0.2) is 12.1 Å². The summed E-state index contributed by atoms with van der Waals surface area (Å²) >= 11 is 0. The Bertz CT molecular complexity index is 938. The van der Waals surface area contributed by atoms with E-state index in [-0.39, 0.29) is 12.6 Å². The summed E-state index contributed by atoms with van der Waals surface area (Å²) < 4.78 is 30.9. The number of hydrogen-bond donors (Lipinski definition) is 2. The van der Waals surface area contributed by atoms with E-state index in [2.05, 4.69) is 58.7 Å². The van der Waals surface area contributed by atoms with E-state index >= 15 is 0 Å². The molecule has 0 spiro atoms. The Kier molecular flexibility index (Phi) is 29.0. The third-order valence-corrected chi connectivity index (χ3v) is 9.84. The lowest BCUT2D eigenvalue weighted by Crippen LogP contribution is -2.36. The third kappa shape index (κ3) is 21.3. The minimum absolute atomic E-state index is 0.0465. The van der Waals surface area contributed by atoms with Gasteiger partial charge in [-0.15, -0.1) is 0 Å². The van der Waals surface area contributed by atoms with Gasteiger partial charge in [0.25, 0.3) is 0 Å². The van der Waals surface area contributed by atoms with Crippen LogP contribution in [-0.2, 0) is 9.47 Å². The van der Waals surface area contributed by atoms with Gasteiger partial charge in [0.15, 0.2) is 11.5 Å². The number of nitrogens with zero attached hydrogens (tertiary/aromatic N) is 1. The van der Waals surface area contributed by atoms with Gasteiger partial charge in [-0.1, -0.05) is 106 Å². The Labute approximate surface area is 312 Å². The van der Waals surface area contributed by atoms with Gasteiger partial charge < -0.3 is 34.1 Å². The Morgan fingerprint density at radius 1 is 0.706 bits per heavy atom. The average molecular weight is 723 g/mol. The molecule has 0 bridgehead atoms. The zero-order valence-electron chi connectivity index (χ0n) is 33.9. The van der Waals surface area contributed by atoms with Crippen molar-refractivity contribution >= 4 is 5.97 Å². The van der Waals surface area contributed by atoms with Gasteiger partial charge in [-0.25, -0.2) is 4.79 Å². The molecule has 0 saturated carbocycles. The molecular formula is C42H78N2O7. The second-order valence-corrected chi connectivity index (χ2v) is 14.0. The van der Waals surface area contributed by atoms with Gasteiger partial charge in [0.2, 0.25) is 5.75 Å². The minimum Gasteiger partial charge on any atom is -0.489 e. The number of rotatable bonds is 35. The van der Waals surface area contributed by atoms with E-state index in [1.165, 1.54) is 25.7 Å². The molecule has 2 N–H and O–H groups in total. The van der Waals surface area contributed by atoms with Gasteiger partial charge in [-0.2, -0.15) is 0 Å². The maximum atomic E-state index is 13.5. The monoisotopic (exact) mass is 723 g/mol. The highest BCUT2D eigenvalue weighted by molar-refractivity contribution is 5.91. The lowest BCUT2D eigenvalue weighted by atomic mass is 10.00. The van der Waals surface area contributed by atoms with Crippen LogP contribution in [0.5, 0.6) is 17.2 Å². The average Bonchev–Trinajstić information content (AvgIpc) is 3.15. The molecule has 9 nitrogen and oxygen atoms in total. The van der Waals surface area contributed by atoms with Crippen molar-refractivity contribution in [3.05, 3.63) is 17.7 Å². The number of carbonyl (C=O) groups is 1. The van der Waals surface area contributed by atoms with Crippen LogP contribution in [0.3, 0.4) is 0 Å². The Hall–Kier alpha value is -2.07. The summed E-state index contributed by atoms with van der Waals surface area (Å²) in [6.07, 6.45) is 15.2. The zero-order chi connectivity index (χ0) is 37.5. The number of unbranched alkanes of at least 4 members (excludes halogenated alkanes) is 4. The summed E-state index contributed by atoms with van der Waals surface area (Å²) in [5.41, 5.74) is 0.441. The van der Waals surface area contributed by atoms with Crippen LogP contribution in [0, 0.1) is 17.8 Å². The molecule has 0 saturated heterocycles. The number of hydrogen-bond acceptors (Lipinski definition) is 9. The fourth-order valence-corrected chi connectivity index (χ4v) is 5.94. The van der Waals surface area contributed by atoms with Crippen LogP contribution in [0.1, 0.15) is 149 Å². The normalized spacial score (nSPS) is 13.3. The molecule has 51 heavy (non-hydrogen) atoms. The number of aliphatic hydroxyl groups excluding tert-OH is 1. The first-order valence-corrected chi connectivity index (χ1v) is 20.8. The number of esters is 1. The molecular weight excluding hydrogens is 644 g/mol. The molecule has 298 valence electrons. The molecule has 0 amide bonds. The van der Waals surface area contributed by atoms with E-state index in [1.807, 2.05) is 12.1 Å². The van der Waals surface area contributed by atoms with E-state index < -0.39 is 0 Å². The molecule has 0 aliphatic carbocycles. The summed E-state index contributed by atoms with van der Waals surface area (Å²) in [6, 6.07) is 3.63. The van der Waals surface area contributed by atoms with Crippen molar-refractivity contribution in [2.45, 2.75) is 138 Å². The fourth-order valence-electron chi connectivity index (χ4n) is 5.94. The van der Waals surface area contributed by atoms with Crippen LogP contribution in [-0.4, -0.2) is 88.5 Å². The first kappa shape index (κ1) is 47.0. The highest BCUT2D eigenvalue weighted by Crippen LogP contribution is 2.41. The lowest BCUT2D eigenvalue weighted by molar-refractivity contribution is 0.0493. The largest absolute Gasteiger partial charge is 0.489 e. The van der Waals surface area contributed by atoms with Gasteiger partial charge in [-0.05, 0) is 75.1 Å². The first-order chi connectivity index (χ1) is 24.9. The summed E-state index contributed by atoms with van der Waals surface area (Å²) in [5, 5.41) is 12.2. The van der Waals surface area contributed by atoms with Crippen molar-refractivity contribution < 1.29 is 33.6 Å². The number of nitrogens with one attached hydrogen (secondary N) is 1. The van der Waals surface area contributed by atoms with Crippen LogP contribution in [0.4, 0.5) is 0 Å². The van der Waals surface area contributed by atoms with Crippen LogP contribution < -0.4 is 19.5 Å². The van der Waals surface area contributed by atoms with Gasteiger partial charge in [-0.3, -0.25) is 4.90 Å². The summed E-state index contributed by atoms with van der Waals surface area (Å²) in [4.78, 5) is 15.9. The summed E-state index contributed by atoms with van der Waals surface area (Å²) in [5.74, 6) is 2.72. The second kappa shape index (κ2) is 31.5. The fraction of sp³-hybridized carbons (Fsp3) is 0.833. The van der Waals surface area contributed by atoms with Gasteiger partial charge >= 0.3 is 5.97 Å². The molecule has 1 rings (SSSR count). The Morgan fingerprint density at radius 2 is 1.24 bits per heavy atom. The highest BCUT2D eigenvalue weighted by Gasteiger charge is 2.23. The molecule has 3 atom stereocenters.